The highest BCUT2D eigenvalue weighted by molar-refractivity contribution is 5.19. The minimum atomic E-state index is -1.41. The Bertz CT molecular complexity index is 448. The van der Waals surface area contributed by atoms with Gasteiger partial charge in [-0.1, -0.05) is 13.3 Å². The standard InChI is InChI=1S/C17H23F3O2/c1-2-5-13-10-21-16(22-11-13)7-4-3-6-12-8-14(18)17(20)15(19)9-12/h8-9,13,16H,2-7,10-11H2,1H3. The molecule has 0 N–H and O–H groups in total. The summed E-state index contributed by atoms with van der Waals surface area (Å²) in [7, 11) is 0. The Morgan fingerprint density at radius 2 is 1.64 bits per heavy atom. The van der Waals surface area contributed by atoms with Crippen LogP contribution in [0.4, 0.5) is 13.2 Å². The molecule has 0 amide bonds. The Hall–Kier alpha value is -1.07. The Labute approximate surface area is 129 Å². The molecule has 0 aliphatic carbocycles. The highest BCUT2D eigenvalue weighted by Gasteiger charge is 2.21. The Morgan fingerprint density at radius 1 is 1.00 bits per heavy atom. The average molecular weight is 316 g/mol. The maximum atomic E-state index is 13.1. The molecule has 1 aromatic carbocycles. The SMILES string of the molecule is CCCC1COC(CCCCc2cc(F)c(F)c(F)c2)OC1. The van der Waals surface area contributed by atoms with Crippen molar-refractivity contribution in [2.24, 2.45) is 5.92 Å². The van der Waals surface area contributed by atoms with Gasteiger partial charge in [-0.3, -0.25) is 0 Å². The molecule has 0 aromatic heterocycles. The summed E-state index contributed by atoms with van der Waals surface area (Å²) in [4.78, 5) is 0. The topological polar surface area (TPSA) is 18.5 Å². The van der Waals surface area contributed by atoms with E-state index in [1.165, 1.54) is 0 Å². The molecule has 1 saturated heterocycles. The van der Waals surface area contributed by atoms with Crippen molar-refractivity contribution in [3.05, 3.63) is 35.1 Å². The van der Waals surface area contributed by atoms with Gasteiger partial charge >= 0.3 is 0 Å². The largest absolute Gasteiger partial charge is 0.352 e. The number of hydrogen-bond acceptors (Lipinski definition) is 2. The third-order valence-electron chi connectivity index (χ3n) is 3.93. The summed E-state index contributed by atoms with van der Waals surface area (Å²) in [6.45, 7) is 3.63. The third kappa shape index (κ3) is 4.99. The zero-order chi connectivity index (χ0) is 15.9. The van der Waals surface area contributed by atoms with Gasteiger partial charge in [0, 0.05) is 5.92 Å². The number of benzene rings is 1. The van der Waals surface area contributed by atoms with Crippen LogP contribution in [-0.4, -0.2) is 19.5 Å². The van der Waals surface area contributed by atoms with E-state index in [9.17, 15) is 13.2 Å². The average Bonchev–Trinajstić information content (AvgIpc) is 2.51. The van der Waals surface area contributed by atoms with Gasteiger partial charge in [0.2, 0.25) is 0 Å². The third-order valence-corrected chi connectivity index (χ3v) is 3.93. The van der Waals surface area contributed by atoms with Crippen LogP contribution in [0.3, 0.4) is 0 Å². The van der Waals surface area contributed by atoms with Gasteiger partial charge in [-0.05, 0) is 49.8 Å². The highest BCUT2D eigenvalue weighted by Crippen LogP contribution is 2.20. The lowest BCUT2D eigenvalue weighted by atomic mass is 10.0. The van der Waals surface area contributed by atoms with E-state index in [1.54, 1.807) is 0 Å². The molecule has 0 bridgehead atoms. The summed E-state index contributed by atoms with van der Waals surface area (Å²) in [5.74, 6) is -3.17. The first kappa shape index (κ1) is 17.3. The number of ether oxygens (including phenoxy) is 2. The predicted octanol–water partition coefficient (Wildman–Crippen LogP) is 4.61. The number of aryl methyl sites for hydroxylation is 1. The molecule has 0 unspecified atom stereocenters. The molecule has 0 saturated carbocycles. The van der Waals surface area contributed by atoms with Gasteiger partial charge in [0.25, 0.3) is 0 Å². The molecule has 1 fully saturated rings. The van der Waals surface area contributed by atoms with Crippen LogP contribution in [0.15, 0.2) is 12.1 Å². The van der Waals surface area contributed by atoms with E-state index in [1.807, 2.05) is 0 Å². The summed E-state index contributed by atoms with van der Waals surface area (Å²) < 4.78 is 50.3. The lowest BCUT2D eigenvalue weighted by Gasteiger charge is -2.29. The van der Waals surface area contributed by atoms with Crippen LogP contribution in [0.2, 0.25) is 0 Å². The lowest BCUT2D eigenvalue weighted by molar-refractivity contribution is -0.204. The van der Waals surface area contributed by atoms with Crippen LogP contribution in [0.5, 0.6) is 0 Å². The molecule has 0 atom stereocenters. The van der Waals surface area contributed by atoms with Crippen LogP contribution in [0.1, 0.15) is 44.6 Å². The maximum absolute atomic E-state index is 13.1. The van der Waals surface area contributed by atoms with Crippen molar-refractivity contribution in [3.8, 4) is 0 Å². The summed E-state index contributed by atoms with van der Waals surface area (Å²) in [6.07, 6.45) is 4.95. The van der Waals surface area contributed by atoms with Gasteiger partial charge in [0.1, 0.15) is 0 Å². The molecule has 1 aromatic rings. The monoisotopic (exact) mass is 316 g/mol. The maximum Gasteiger partial charge on any atom is 0.194 e. The molecule has 22 heavy (non-hydrogen) atoms. The summed E-state index contributed by atoms with van der Waals surface area (Å²) in [5, 5.41) is 0. The van der Waals surface area contributed by atoms with Crippen LogP contribution < -0.4 is 0 Å². The second kappa shape index (κ2) is 8.53. The second-order valence-electron chi connectivity index (χ2n) is 5.87. The fourth-order valence-electron chi connectivity index (χ4n) is 2.72. The van der Waals surface area contributed by atoms with Crippen LogP contribution in [0.25, 0.3) is 0 Å². The van der Waals surface area contributed by atoms with Crippen molar-refractivity contribution in [1.82, 2.24) is 0 Å². The van der Waals surface area contributed by atoms with Crippen molar-refractivity contribution in [2.45, 2.75) is 51.7 Å². The zero-order valence-electron chi connectivity index (χ0n) is 12.9. The fraction of sp³-hybridized carbons (Fsp3) is 0.647. The fourth-order valence-corrected chi connectivity index (χ4v) is 2.72. The van der Waals surface area contributed by atoms with Gasteiger partial charge in [-0.2, -0.15) is 0 Å². The quantitative estimate of drug-likeness (QED) is 0.540. The van der Waals surface area contributed by atoms with Gasteiger partial charge < -0.3 is 9.47 Å². The van der Waals surface area contributed by atoms with Gasteiger partial charge in [-0.15, -0.1) is 0 Å². The Morgan fingerprint density at radius 3 is 2.23 bits per heavy atom. The first-order chi connectivity index (χ1) is 10.6. The number of halogens is 3. The van der Waals surface area contributed by atoms with Crippen molar-refractivity contribution in [1.29, 1.82) is 0 Å². The number of unbranched alkanes of at least 4 members (excludes halogenated alkanes) is 1. The Kier molecular flexibility index (Phi) is 6.70. The minimum absolute atomic E-state index is 0.171. The molecule has 2 rings (SSSR count). The highest BCUT2D eigenvalue weighted by atomic mass is 19.2. The number of hydrogen-bond donors (Lipinski definition) is 0. The van der Waals surface area contributed by atoms with Crippen LogP contribution in [-0.2, 0) is 15.9 Å². The van der Waals surface area contributed by atoms with Crippen molar-refractivity contribution in [3.63, 3.8) is 0 Å². The summed E-state index contributed by atoms with van der Waals surface area (Å²) in [6, 6.07) is 2.11. The minimum Gasteiger partial charge on any atom is -0.352 e. The molecule has 5 heteroatoms. The van der Waals surface area contributed by atoms with Gasteiger partial charge in [-0.25, -0.2) is 13.2 Å². The van der Waals surface area contributed by atoms with E-state index in [4.69, 9.17) is 9.47 Å². The molecule has 2 nitrogen and oxygen atoms in total. The van der Waals surface area contributed by atoms with E-state index in [-0.39, 0.29) is 6.29 Å². The molecule has 0 radical (unpaired) electrons. The zero-order valence-corrected chi connectivity index (χ0v) is 12.9. The molecule has 1 aliphatic heterocycles. The molecule has 1 heterocycles. The van der Waals surface area contributed by atoms with Gasteiger partial charge in [0.05, 0.1) is 13.2 Å². The smallest absolute Gasteiger partial charge is 0.194 e. The van der Waals surface area contributed by atoms with E-state index < -0.39 is 17.5 Å². The van der Waals surface area contributed by atoms with E-state index in [2.05, 4.69) is 6.92 Å². The normalized spacial score (nSPS) is 22.0. The predicted molar refractivity (Wildman–Crippen MR) is 78.0 cm³/mol. The molecule has 124 valence electrons. The summed E-state index contributed by atoms with van der Waals surface area (Å²) in [5.41, 5.74) is 0.477. The first-order valence-corrected chi connectivity index (χ1v) is 7.96. The van der Waals surface area contributed by atoms with Crippen LogP contribution >= 0.6 is 0 Å². The second-order valence-corrected chi connectivity index (χ2v) is 5.87. The van der Waals surface area contributed by atoms with E-state index in [0.29, 0.717) is 17.9 Å². The molecular formula is C17H23F3O2. The molecular weight excluding hydrogens is 293 g/mol. The first-order valence-electron chi connectivity index (χ1n) is 7.96. The van der Waals surface area contributed by atoms with E-state index >= 15 is 0 Å². The Balaban J connectivity index is 1.66. The van der Waals surface area contributed by atoms with E-state index in [0.717, 1.165) is 57.5 Å². The molecule has 1 aliphatic rings. The van der Waals surface area contributed by atoms with Gasteiger partial charge in [0.15, 0.2) is 23.7 Å². The molecule has 0 spiro atoms. The van der Waals surface area contributed by atoms with Crippen molar-refractivity contribution < 1.29 is 22.6 Å². The lowest BCUT2D eigenvalue weighted by Crippen LogP contribution is -2.31. The van der Waals surface area contributed by atoms with Crippen molar-refractivity contribution in [2.75, 3.05) is 13.2 Å². The summed E-state index contributed by atoms with van der Waals surface area (Å²) >= 11 is 0. The number of rotatable bonds is 7. The van der Waals surface area contributed by atoms with Crippen LogP contribution in [0, 0.1) is 23.4 Å². The van der Waals surface area contributed by atoms with Crippen molar-refractivity contribution >= 4 is 0 Å².